The molecule has 0 spiro atoms. The van der Waals surface area contributed by atoms with E-state index in [0.717, 1.165) is 12.1 Å². The third-order valence-corrected chi connectivity index (χ3v) is 5.35. The van der Waals surface area contributed by atoms with Gasteiger partial charge in [-0.2, -0.15) is 5.26 Å². The van der Waals surface area contributed by atoms with E-state index in [1.807, 2.05) is 0 Å². The summed E-state index contributed by atoms with van der Waals surface area (Å²) in [4.78, 5) is 30.4. The van der Waals surface area contributed by atoms with Gasteiger partial charge < -0.3 is 10.1 Å². The van der Waals surface area contributed by atoms with Crippen molar-refractivity contribution >= 4 is 23.4 Å². The fourth-order valence-electron chi connectivity index (χ4n) is 3.18. The van der Waals surface area contributed by atoms with Crippen LogP contribution in [0.5, 0.6) is 5.75 Å². The highest BCUT2D eigenvalue weighted by molar-refractivity contribution is 6.33. The molecule has 0 fully saturated rings. The smallest absolute Gasteiger partial charge is 0.258 e. The van der Waals surface area contributed by atoms with Crippen LogP contribution < -0.4 is 10.1 Å². The molecule has 2 aromatic carbocycles. The maximum Gasteiger partial charge on any atom is 0.258 e. The van der Waals surface area contributed by atoms with Crippen molar-refractivity contribution in [2.45, 2.75) is 12.5 Å². The first kappa shape index (κ1) is 24.6. The molecule has 1 N–H and O–H groups in total. The maximum atomic E-state index is 14.5. The summed E-state index contributed by atoms with van der Waals surface area (Å²) in [5, 5.41) is 12.0. The van der Waals surface area contributed by atoms with Crippen LogP contribution in [0.1, 0.15) is 15.9 Å². The summed E-state index contributed by atoms with van der Waals surface area (Å²) in [6.45, 7) is 0. The van der Waals surface area contributed by atoms with Crippen molar-refractivity contribution in [2.24, 2.45) is 0 Å². The maximum absolute atomic E-state index is 14.5. The first-order valence-electron chi connectivity index (χ1n) is 9.96. The number of methoxy groups -OCH3 is 1. The largest absolute Gasteiger partial charge is 0.497 e. The molecule has 0 radical (unpaired) electrons. The van der Waals surface area contributed by atoms with E-state index >= 15 is 0 Å². The van der Waals surface area contributed by atoms with Gasteiger partial charge in [-0.3, -0.25) is 19.5 Å². The number of nitrogens with zero attached hydrogens (tertiary/aromatic N) is 3. The van der Waals surface area contributed by atoms with Gasteiger partial charge in [0.25, 0.3) is 11.8 Å². The molecule has 0 aliphatic carbocycles. The average Bonchev–Trinajstić information content (AvgIpc) is 2.84. The first-order chi connectivity index (χ1) is 16.2. The van der Waals surface area contributed by atoms with Gasteiger partial charge in [0, 0.05) is 47.9 Å². The molecule has 34 heavy (non-hydrogen) atoms. The molecule has 3 aromatic rings. The zero-order valence-corrected chi connectivity index (χ0v) is 18.9. The van der Waals surface area contributed by atoms with Crippen molar-refractivity contribution in [3.63, 3.8) is 0 Å². The molecule has 174 valence electrons. The van der Waals surface area contributed by atoms with Gasteiger partial charge in [-0.15, -0.1) is 0 Å². The van der Waals surface area contributed by atoms with Crippen LogP contribution in [-0.4, -0.2) is 41.9 Å². The lowest BCUT2D eigenvalue weighted by Crippen LogP contribution is -2.47. The quantitative estimate of drug-likeness (QED) is 0.404. The molecule has 0 saturated heterocycles. The molecule has 0 aliphatic rings. The minimum atomic E-state index is -1.42. The Hall–Kier alpha value is -4.03. The van der Waals surface area contributed by atoms with Crippen LogP contribution in [0.3, 0.4) is 0 Å². The minimum Gasteiger partial charge on any atom is -0.497 e. The van der Waals surface area contributed by atoms with Crippen molar-refractivity contribution in [2.75, 3.05) is 14.2 Å². The second-order valence-corrected chi connectivity index (χ2v) is 7.62. The predicted molar refractivity (Wildman–Crippen MR) is 121 cm³/mol. The third-order valence-electron chi connectivity index (χ3n) is 5.02. The number of halogens is 3. The zero-order chi connectivity index (χ0) is 24.8. The number of aromatic nitrogens is 1. The van der Waals surface area contributed by atoms with Crippen molar-refractivity contribution < 1.29 is 23.1 Å². The Morgan fingerprint density at radius 2 is 1.88 bits per heavy atom. The van der Waals surface area contributed by atoms with Crippen molar-refractivity contribution in [3.8, 4) is 23.2 Å². The highest BCUT2D eigenvalue weighted by atomic mass is 35.5. The Kier molecular flexibility index (Phi) is 7.76. The van der Waals surface area contributed by atoms with Crippen molar-refractivity contribution in [1.29, 1.82) is 5.26 Å². The van der Waals surface area contributed by atoms with Gasteiger partial charge in [-0.05, 0) is 18.2 Å². The van der Waals surface area contributed by atoms with Crippen LogP contribution in [0.15, 0.2) is 54.7 Å². The molecular weight excluding hydrogens is 466 g/mol. The van der Waals surface area contributed by atoms with Gasteiger partial charge in [0.1, 0.15) is 23.4 Å². The third kappa shape index (κ3) is 5.47. The topological polar surface area (TPSA) is 95.3 Å². The number of amides is 2. The zero-order valence-electron chi connectivity index (χ0n) is 18.2. The molecule has 1 heterocycles. The van der Waals surface area contributed by atoms with E-state index in [4.69, 9.17) is 21.6 Å². The second-order valence-electron chi connectivity index (χ2n) is 7.21. The number of ether oxygens (including phenoxy) is 1. The normalized spacial score (nSPS) is 11.3. The highest BCUT2D eigenvalue weighted by Crippen LogP contribution is 2.26. The summed E-state index contributed by atoms with van der Waals surface area (Å²) in [6.07, 6.45) is 2.39. The van der Waals surface area contributed by atoms with Crippen LogP contribution in [0, 0.1) is 23.1 Å². The van der Waals surface area contributed by atoms with Gasteiger partial charge in [0.05, 0.1) is 18.4 Å². The highest BCUT2D eigenvalue weighted by Gasteiger charge is 2.28. The molecule has 0 saturated carbocycles. The Balaban J connectivity index is 1.86. The van der Waals surface area contributed by atoms with Gasteiger partial charge in [0.15, 0.2) is 6.19 Å². The number of nitriles is 1. The van der Waals surface area contributed by atoms with Crippen molar-refractivity contribution in [3.05, 3.63) is 82.5 Å². The second kappa shape index (κ2) is 10.7. The van der Waals surface area contributed by atoms with Crippen molar-refractivity contribution in [1.82, 2.24) is 15.2 Å². The molecule has 1 unspecified atom stereocenters. The van der Waals surface area contributed by atoms with E-state index in [1.165, 1.54) is 26.4 Å². The average molecular weight is 485 g/mol. The lowest BCUT2D eigenvalue weighted by molar-refractivity contribution is -0.129. The van der Waals surface area contributed by atoms with Crippen LogP contribution in [-0.2, 0) is 11.2 Å². The summed E-state index contributed by atoms with van der Waals surface area (Å²) < 4.78 is 33.7. The number of likely N-dealkylation sites (N-methyl/N-ethyl adjacent to an activating group) is 1. The molecule has 1 aromatic heterocycles. The van der Waals surface area contributed by atoms with Crippen LogP contribution >= 0.6 is 11.6 Å². The number of pyridine rings is 1. The molecular formula is C24H19ClF2N4O3. The van der Waals surface area contributed by atoms with Crippen LogP contribution in [0.4, 0.5) is 8.78 Å². The van der Waals surface area contributed by atoms with Gasteiger partial charge in [0.2, 0.25) is 0 Å². The fraction of sp³-hybridized carbons (Fsp3) is 0.167. The molecule has 0 aliphatic heterocycles. The molecule has 3 rings (SSSR count). The molecule has 7 nitrogen and oxygen atoms in total. The summed E-state index contributed by atoms with van der Waals surface area (Å²) in [7, 11) is 2.44. The predicted octanol–water partition coefficient (Wildman–Crippen LogP) is 3.97. The molecule has 1 atom stereocenters. The van der Waals surface area contributed by atoms with E-state index in [1.54, 1.807) is 36.5 Å². The van der Waals surface area contributed by atoms with E-state index < -0.39 is 41.5 Å². The number of carbonyl (C=O) groups excluding carboxylic acids is 2. The number of hydrogen-bond acceptors (Lipinski definition) is 5. The Morgan fingerprint density at radius 1 is 1.21 bits per heavy atom. The number of benzene rings is 2. The number of rotatable bonds is 7. The van der Waals surface area contributed by atoms with Crippen LogP contribution in [0.2, 0.25) is 5.02 Å². The Morgan fingerprint density at radius 3 is 2.44 bits per heavy atom. The molecule has 10 heteroatoms. The minimum absolute atomic E-state index is 0.0375. The van der Waals surface area contributed by atoms with Crippen LogP contribution in [0.25, 0.3) is 11.3 Å². The lowest BCUT2D eigenvalue weighted by atomic mass is 10.0. The summed E-state index contributed by atoms with van der Waals surface area (Å²) >= 11 is 6.17. The Labute approximate surface area is 199 Å². The number of hydrogen-bond donors (Lipinski definition) is 1. The first-order valence-corrected chi connectivity index (χ1v) is 10.3. The summed E-state index contributed by atoms with van der Waals surface area (Å²) in [6, 6.07) is 10.6. The van der Waals surface area contributed by atoms with E-state index in [9.17, 15) is 18.4 Å². The fourth-order valence-corrected chi connectivity index (χ4v) is 3.41. The molecule has 0 bridgehead atoms. The van der Waals surface area contributed by atoms with Gasteiger partial charge in [-0.25, -0.2) is 8.78 Å². The SMILES string of the molecule is COc1cc(F)c(CC(NC(=O)c2ccc(-c3ccccc3Cl)nc2)C(=O)N(C)C#N)c(F)c1. The monoisotopic (exact) mass is 484 g/mol. The molecule has 2 amide bonds. The summed E-state index contributed by atoms with van der Waals surface area (Å²) in [5.41, 5.74) is 0.869. The summed E-state index contributed by atoms with van der Waals surface area (Å²) in [5.74, 6) is -3.49. The van der Waals surface area contributed by atoms with E-state index in [0.29, 0.717) is 21.2 Å². The van der Waals surface area contributed by atoms with Gasteiger partial charge >= 0.3 is 0 Å². The van der Waals surface area contributed by atoms with E-state index in [-0.39, 0.29) is 11.3 Å². The number of nitrogens with one attached hydrogen (secondary N) is 1. The Bertz CT molecular complexity index is 1240. The standard InChI is InChI=1S/C24H19ClF2N4O3/c1-31(13-28)24(33)22(11-17-19(26)9-15(34-2)10-20(17)27)30-23(32)14-7-8-21(29-12-14)16-5-3-4-6-18(16)25/h3-10,12,22H,11H2,1-2H3,(H,30,32). The van der Waals surface area contributed by atoms with Gasteiger partial charge in [-0.1, -0.05) is 29.8 Å². The lowest BCUT2D eigenvalue weighted by Gasteiger charge is -2.21. The van der Waals surface area contributed by atoms with E-state index in [2.05, 4.69) is 10.3 Å². The number of carbonyl (C=O) groups is 2.